The highest BCUT2D eigenvalue weighted by molar-refractivity contribution is 4.83. The van der Waals surface area contributed by atoms with Gasteiger partial charge in [-0.15, -0.1) is 0 Å². The summed E-state index contributed by atoms with van der Waals surface area (Å²) in [5.41, 5.74) is 0. The summed E-state index contributed by atoms with van der Waals surface area (Å²) in [6.07, 6.45) is 3.97. The van der Waals surface area contributed by atoms with Crippen molar-refractivity contribution in [3.8, 4) is 0 Å². The van der Waals surface area contributed by atoms with Crippen LogP contribution in [0.1, 0.15) is 33.1 Å². The third-order valence-electron chi connectivity index (χ3n) is 3.78. The van der Waals surface area contributed by atoms with Crippen molar-refractivity contribution in [1.82, 2.24) is 15.1 Å². The van der Waals surface area contributed by atoms with E-state index >= 15 is 0 Å². The lowest BCUT2D eigenvalue weighted by atomic mass is 10.0. The first-order valence-corrected chi connectivity index (χ1v) is 6.80. The lowest BCUT2D eigenvalue weighted by molar-refractivity contribution is 0.0933. The third kappa shape index (κ3) is 4.04. The molecule has 1 aliphatic rings. The monoisotopic (exact) mass is 227 g/mol. The molecule has 2 unspecified atom stereocenters. The average molecular weight is 227 g/mol. The Balaban J connectivity index is 2.43. The van der Waals surface area contributed by atoms with Gasteiger partial charge in [0.1, 0.15) is 0 Å². The summed E-state index contributed by atoms with van der Waals surface area (Å²) >= 11 is 0. The number of likely N-dealkylation sites (tertiary alicyclic amines) is 1. The Morgan fingerprint density at radius 3 is 2.69 bits per heavy atom. The van der Waals surface area contributed by atoms with Gasteiger partial charge in [-0.2, -0.15) is 0 Å². The number of nitrogens with one attached hydrogen (secondary N) is 1. The maximum absolute atomic E-state index is 3.49. The molecule has 0 spiro atoms. The zero-order chi connectivity index (χ0) is 12.0. The highest BCUT2D eigenvalue weighted by Gasteiger charge is 2.25. The molecule has 0 aliphatic carbocycles. The maximum atomic E-state index is 3.49. The molecule has 1 N–H and O–H groups in total. The Morgan fingerprint density at radius 2 is 2.12 bits per heavy atom. The molecule has 0 aromatic heterocycles. The van der Waals surface area contributed by atoms with Crippen LogP contribution in [0.5, 0.6) is 0 Å². The Bertz CT molecular complexity index is 182. The molecule has 0 aromatic carbocycles. The van der Waals surface area contributed by atoms with Gasteiger partial charge < -0.3 is 10.2 Å². The van der Waals surface area contributed by atoms with Gasteiger partial charge in [-0.05, 0) is 46.4 Å². The molecule has 0 saturated carbocycles. The fourth-order valence-electron chi connectivity index (χ4n) is 2.58. The predicted molar refractivity (Wildman–Crippen MR) is 70.9 cm³/mol. The second-order valence-electron chi connectivity index (χ2n) is 5.12. The molecule has 1 aliphatic heterocycles. The third-order valence-corrected chi connectivity index (χ3v) is 3.78. The number of hydrogen-bond donors (Lipinski definition) is 1. The van der Waals surface area contributed by atoms with Crippen molar-refractivity contribution >= 4 is 0 Å². The largest absolute Gasteiger partial charge is 0.315 e. The molecule has 2 atom stereocenters. The second-order valence-corrected chi connectivity index (χ2v) is 5.12. The number of likely N-dealkylation sites (N-methyl/N-ethyl adjacent to an activating group) is 2. The molecule has 3 nitrogen and oxygen atoms in total. The molecule has 96 valence electrons. The molecule has 0 aromatic rings. The van der Waals surface area contributed by atoms with Crippen LogP contribution in [0.2, 0.25) is 0 Å². The van der Waals surface area contributed by atoms with E-state index in [9.17, 15) is 0 Å². The zero-order valence-electron chi connectivity index (χ0n) is 11.5. The molecular formula is C13H29N3. The van der Waals surface area contributed by atoms with Gasteiger partial charge >= 0.3 is 0 Å². The SMILES string of the molecule is CCNCC(CC)N1CCCC(N(C)C)C1. The summed E-state index contributed by atoms with van der Waals surface area (Å²) < 4.78 is 0. The molecule has 0 bridgehead atoms. The first kappa shape index (κ1) is 13.9. The quantitative estimate of drug-likeness (QED) is 0.740. The molecule has 1 rings (SSSR count). The van der Waals surface area contributed by atoms with Crippen molar-refractivity contribution in [3.05, 3.63) is 0 Å². The molecule has 1 fully saturated rings. The van der Waals surface area contributed by atoms with E-state index in [0.29, 0.717) is 0 Å². The van der Waals surface area contributed by atoms with Gasteiger partial charge in [0.05, 0.1) is 0 Å². The van der Waals surface area contributed by atoms with Gasteiger partial charge in [0.2, 0.25) is 0 Å². The Hall–Kier alpha value is -0.120. The molecule has 0 radical (unpaired) electrons. The van der Waals surface area contributed by atoms with Crippen molar-refractivity contribution in [2.45, 2.75) is 45.2 Å². The van der Waals surface area contributed by atoms with Gasteiger partial charge in [-0.1, -0.05) is 13.8 Å². The summed E-state index contributed by atoms with van der Waals surface area (Å²) in [5, 5.41) is 3.49. The van der Waals surface area contributed by atoms with E-state index in [2.05, 4.69) is 43.1 Å². The average Bonchev–Trinajstić information content (AvgIpc) is 2.30. The normalized spacial score (nSPS) is 24.9. The van der Waals surface area contributed by atoms with E-state index in [4.69, 9.17) is 0 Å². The summed E-state index contributed by atoms with van der Waals surface area (Å²) in [5.74, 6) is 0. The van der Waals surface area contributed by atoms with Crippen LogP contribution in [-0.4, -0.2) is 62.2 Å². The van der Waals surface area contributed by atoms with Crippen LogP contribution in [-0.2, 0) is 0 Å². The summed E-state index contributed by atoms with van der Waals surface area (Å²) in [6, 6.07) is 1.48. The van der Waals surface area contributed by atoms with Crippen LogP contribution >= 0.6 is 0 Å². The highest BCUT2D eigenvalue weighted by atomic mass is 15.2. The van der Waals surface area contributed by atoms with E-state index in [0.717, 1.165) is 25.2 Å². The van der Waals surface area contributed by atoms with Crippen LogP contribution in [0.4, 0.5) is 0 Å². The van der Waals surface area contributed by atoms with E-state index in [1.807, 2.05) is 0 Å². The standard InChI is InChI=1S/C13H29N3/c1-5-12(10-14-6-2)16-9-7-8-13(11-16)15(3)4/h12-14H,5-11H2,1-4H3. The Labute approximate surface area is 101 Å². The first-order chi connectivity index (χ1) is 7.69. The fraction of sp³-hybridized carbons (Fsp3) is 1.00. The summed E-state index contributed by atoms with van der Waals surface area (Å²) in [6.45, 7) is 9.26. The first-order valence-electron chi connectivity index (χ1n) is 6.80. The minimum atomic E-state index is 0.725. The van der Waals surface area contributed by atoms with Crippen LogP contribution < -0.4 is 5.32 Å². The smallest absolute Gasteiger partial charge is 0.0218 e. The summed E-state index contributed by atoms with van der Waals surface area (Å²) in [7, 11) is 4.42. The number of piperidine rings is 1. The van der Waals surface area contributed by atoms with E-state index < -0.39 is 0 Å². The lowest BCUT2D eigenvalue weighted by Crippen LogP contribution is -2.51. The molecule has 0 amide bonds. The number of nitrogens with zero attached hydrogens (tertiary/aromatic N) is 2. The molecule has 16 heavy (non-hydrogen) atoms. The van der Waals surface area contributed by atoms with Crippen molar-refractivity contribution in [2.24, 2.45) is 0 Å². The van der Waals surface area contributed by atoms with Crippen LogP contribution in [0.3, 0.4) is 0 Å². The van der Waals surface area contributed by atoms with Crippen LogP contribution in [0.15, 0.2) is 0 Å². The molecule has 1 saturated heterocycles. The Morgan fingerprint density at radius 1 is 1.38 bits per heavy atom. The zero-order valence-corrected chi connectivity index (χ0v) is 11.5. The van der Waals surface area contributed by atoms with Gasteiger partial charge in [0.25, 0.3) is 0 Å². The second kappa shape index (κ2) is 7.25. The molecule has 1 heterocycles. The minimum absolute atomic E-state index is 0.725. The minimum Gasteiger partial charge on any atom is -0.315 e. The molecular weight excluding hydrogens is 198 g/mol. The van der Waals surface area contributed by atoms with E-state index in [1.54, 1.807) is 0 Å². The summed E-state index contributed by atoms with van der Waals surface area (Å²) in [4.78, 5) is 5.06. The van der Waals surface area contributed by atoms with Crippen molar-refractivity contribution < 1.29 is 0 Å². The van der Waals surface area contributed by atoms with Crippen molar-refractivity contribution in [3.63, 3.8) is 0 Å². The topological polar surface area (TPSA) is 18.5 Å². The number of rotatable bonds is 6. The van der Waals surface area contributed by atoms with Crippen LogP contribution in [0, 0.1) is 0 Å². The maximum Gasteiger partial charge on any atom is 0.0218 e. The highest BCUT2D eigenvalue weighted by Crippen LogP contribution is 2.17. The van der Waals surface area contributed by atoms with E-state index in [-0.39, 0.29) is 0 Å². The van der Waals surface area contributed by atoms with Gasteiger partial charge in [-0.3, -0.25) is 4.90 Å². The number of hydrogen-bond acceptors (Lipinski definition) is 3. The van der Waals surface area contributed by atoms with E-state index in [1.165, 1.54) is 32.4 Å². The van der Waals surface area contributed by atoms with Crippen molar-refractivity contribution in [1.29, 1.82) is 0 Å². The fourth-order valence-corrected chi connectivity index (χ4v) is 2.58. The Kier molecular flexibility index (Phi) is 6.32. The van der Waals surface area contributed by atoms with Gasteiger partial charge in [0.15, 0.2) is 0 Å². The van der Waals surface area contributed by atoms with Crippen LogP contribution in [0.25, 0.3) is 0 Å². The van der Waals surface area contributed by atoms with Crippen molar-refractivity contribution in [2.75, 3.05) is 40.3 Å². The van der Waals surface area contributed by atoms with Gasteiger partial charge in [0, 0.05) is 25.2 Å². The predicted octanol–water partition coefficient (Wildman–Crippen LogP) is 1.40. The lowest BCUT2D eigenvalue weighted by Gasteiger charge is -2.40. The van der Waals surface area contributed by atoms with Gasteiger partial charge in [-0.25, -0.2) is 0 Å². The molecule has 3 heteroatoms.